The van der Waals surface area contributed by atoms with Crippen LogP contribution >= 0.6 is 11.6 Å². The summed E-state index contributed by atoms with van der Waals surface area (Å²) in [4.78, 5) is 13.4. The van der Waals surface area contributed by atoms with Gasteiger partial charge < -0.3 is 15.0 Å². The topological polar surface area (TPSA) is 41.6 Å². The molecule has 0 bridgehead atoms. The van der Waals surface area contributed by atoms with E-state index in [-0.39, 0.29) is 17.2 Å². The van der Waals surface area contributed by atoms with Gasteiger partial charge in [0.2, 0.25) is 0 Å². The van der Waals surface area contributed by atoms with Crippen LogP contribution in [0.15, 0.2) is 18.2 Å². The summed E-state index contributed by atoms with van der Waals surface area (Å²) in [5, 5.41) is 3.42. The van der Waals surface area contributed by atoms with E-state index in [1.54, 1.807) is 17.0 Å². The highest BCUT2D eigenvalue weighted by atomic mass is 35.5. The second-order valence-corrected chi connectivity index (χ2v) is 6.62. The number of nitrogens with zero attached hydrogens (tertiary/aromatic N) is 1. The summed E-state index contributed by atoms with van der Waals surface area (Å²) in [5.41, 5.74) is 0.442. The summed E-state index contributed by atoms with van der Waals surface area (Å²) in [5.74, 6) is -0.417. The van der Waals surface area contributed by atoms with Crippen molar-refractivity contribution >= 4 is 17.7 Å². The van der Waals surface area contributed by atoms with E-state index in [2.05, 4.69) is 5.32 Å². The average molecular weight is 315 g/mol. The zero-order valence-electron chi connectivity index (χ0n) is 12.5. The number of hydrogen-bond acceptors (Lipinski definition) is 3. The summed E-state index contributed by atoms with van der Waals surface area (Å²) in [7, 11) is 0. The molecule has 116 valence electrons. The van der Waals surface area contributed by atoms with Crippen molar-refractivity contribution in [1.82, 2.24) is 10.2 Å². The predicted octanol–water partition coefficient (Wildman–Crippen LogP) is 3.19. The molecule has 1 amide bonds. The van der Waals surface area contributed by atoms with Crippen LogP contribution in [-0.2, 0) is 11.3 Å². The van der Waals surface area contributed by atoms with Crippen LogP contribution in [0, 0.1) is 5.82 Å². The normalized spacial score (nSPS) is 15.8. The molecule has 0 aliphatic carbocycles. The number of carbonyl (C=O) groups is 1. The third-order valence-electron chi connectivity index (χ3n) is 3.11. The average Bonchev–Trinajstić information content (AvgIpc) is 2.29. The Kier molecular flexibility index (Phi) is 4.74. The highest BCUT2D eigenvalue weighted by Gasteiger charge is 2.33. The van der Waals surface area contributed by atoms with Gasteiger partial charge in [0.25, 0.3) is 0 Å². The number of likely N-dealkylation sites (tertiary alicyclic amines) is 1. The molecule has 1 aliphatic heterocycles. The molecule has 0 unspecified atom stereocenters. The summed E-state index contributed by atoms with van der Waals surface area (Å²) >= 11 is 5.73. The highest BCUT2D eigenvalue weighted by molar-refractivity contribution is 6.30. The van der Waals surface area contributed by atoms with Crippen LogP contribution in [0.4, 0.5) is 9.18 Å². The Bertz CT molecular complexity index is 525. The van der Waals surface area contributed by atoms with Gasteiger partial charge in [0.05, 0.1) is 5.02 Å². The molecule has 1 fully saturated rings. The van der Waals surface area contributed by atoms with E-state index in [4.69, 9.17) is 16.3 Å². The molecule has 1 aromatic carbocycles. The fourth-order valence-electron chi connectivity index (χ4n) is 2.00. The fraction of sp³-hybridized carbons (Fsp3) is 0.533. The Morgan fingerprint density at radius 1 is 1.48 bits per heavy atom. The van der Waals surface area contributed by atoms with Crippen molar-refractivity contribution in [2.75, 3.05) is 13.1 Å². The lowest BCUT2D eigenvalue weighted by molar-refractivity contribution is 0.00518. The van der Waals surface area contributed by atoms with Crippen LogP contribution in [0.25, 0.3) is 0 Å². The lowest BCUT2D eigenvalue weighted by Crippen LogP contribution is -2.60. The summed E-state index contributed by atoms with van der Waals surface area (Å²) in [6.07, 6.45) is -0.287. The molecule has 1 aliphatic rings. The van der Waals surface area contributed by atoms with Gasteiger partial charge in [-0.15, -0.1) is 0 Å². The molecule has 0 spiro atoms. The molecule has 0 radical (unpaired) electrons. The van der Waals surface area contributed by atoms with E-state index in [1.807, 2.05) is 20.8 Å². The minimum Gasteiger partial charge on any atom is -0.444 e. The lowest BCUT2D eigenvalue weighted by Gasteiger charge is -2.40. The van der Waals surface area contributed by atoms with Crippen molar-refractivity contribution < 1.29 is 13.9 Å². The minimum atomic E-state index is -0.472. The van der Waals surface area contributed by atoms with Crippen LogP contribution in [0.1, 0.15) is 26.3 Å². The van der Waals surface area contributed by atoms with Gasteiger partial charge in [0.1, 0.15) is 11.4 Å². The minimum absolute atomic E-state index is 0.123. The number of carbonyl (C=O) groups excluding carboxylic acids is 1. The Balaban J connectivity index is 1.73. The molecule has 1 N–H and O–H groups in total. The SMILES string of the molecule is CC(C)(C)OC(=O)N1CC(NCc2ccc(F)c(Cl)c2)C1. The molecule has 21 heavy (non-hydrogen) atoms. The van der Waals surface area contributed by atoms with Gasteiger partial charge in [-0.3, -0.25) is 0 Å². The zero-order chi connectivity index (χ0) is 15.6. The molecular formula is C15H20ClFN2O2. The summed E-state index contributed by atoms with van der Waals surface area (Å²) < 4.78 is 18.3. The molecule has 0 saturated carbocycles. The molecular weight excluding hydrogens is 295 g/mol. The maximum absolute atomic E-state index is 13.0. The number of nitrogens with one attached hydrogen (secondary N) is 1. The van der Waals surface area contributed by atoms with Crippen molar-refractivity contribution in [3.63, 3.8) is 0 Å². The van der Waals surface area contributed by atoms with E-state index in [9.17, 15) is 9.18 Å². The van der Waals surface area contributed by atoms with Gasteiger partial charge in [-0.1, -0.05) is 17.7 Å². The van der Waals surface area contributed by atoms with Gasteiger partial charge in [-0.25, -0.2) is 9.18 Å². The van der Waals surface area contributed by atoms with Gasteiger partial charge in [-0.2, -0.15) is 0 Å². The van der Waals surface area contributed by atoms with Crippen LogP contribution < -0.4 is 5.32 Å². The molecule has 0 atom stereocenters. The molecule has 2 rings (SSSR count). The van der Waals surface area contributed by atoms with Crippen molar-refractivity contribution in [1.29, 1.82) is 0 Å². The first-order valence-electron chi connectivity index (χ1n) is 6.90. The van der Waals surface area contributed by atoms with E-state index in [0.29, 0.717) is 19.6 Å². The van der Waals surface area contributed by atoms with Crippen LogP contribution in [0.5, 0.6) is 0 Å². The first-order valence-corrected chi connectivity index (χ1v) is 7.27. The number of amides is 1. The second-order valence-electron chi connectivity index (χ2n) is 6.21. The Hall–Kier alpha value is -1.33. The Labute approximate surface area is 129 Å². The molecule has 1 saturated heterocycles. The fourth-order valence-corrected chi connectivity index (χ4v) is 2.20. The lowest BCUT2D eigenvalue weighted by atomic mass is 10.1. The highest BCUT2D eigenvalue weighted by Crippen LogP contribution is 2.18. The molecule has 4 nitrogen and oxygen atoms in total. The van der Waals surface area contributed by atoms with E-state index in [0.717, 1.165) is 5.56 Å². The molecule has 0 aromatic heterocycles. The molecule has 6 heteroatoms. The van der Waals surface area contributed by atoms with Gasteiger partial charge in [-0.05, 0) is 38.5 Å². The van der Waals surface area contributed by atoms with Crippen LogP contribution in [0.2, 0.25) is 5.02 Å². The maximum atomic E-state index is 13.0. The Morgan fingerprint density at radius 3 is 2.71 bits per heavy atom. The number of ether oxygens (including phenoxy) is 1. The first-order chi connectivity index (χ1) is 9.74. The monoisotopic (exact) mass is 314 g/mol. The zero-order valence-corrected chi connectivity index (χ0v) is 13.2. The van der Waals surface area contributed by atoms with Gasteiger partial charge in [0.15, 0.2) is 0 Å². The smallest absolute Gasteiger partial charge is 0.410 e. The quantitative estimate of drug-likeness (QED) is 0.931. The van der Waals surface area contributed by atoms with E-state index in [1.165, 1.54) is 6.07 Å². The number of hydrogen-bond donors (Lipinski definition) is 1. The second kappa shape index (κ2) is 6.20. The van der Waals surface area contributed by atoms with Crippen LogP contribution in [0.3, 0.4) is 0 Å². The van der Waals surface area contributed by atoms with Gasteiger partial charge in [0, 0.05) is 25.7 Å². The van der Waals surface area contributed by atoms with E-state index < -0.39 is 11.4 Å². The summed E-state index contributed by atoms with van der Waals surface area (Å²) in [6, 6.07) is 4.88. The maximum Gasteiger partial charge on any atom is 0.410 e. The molecule has 1 aromatic rings. The van der Waals surface area contributed by atoms with Crippen molar-refractivity contribution in [3.8, 4) is 0 Å². The van der Waals surface area contributed by atoms with Crippen LogP contribution in [-0.4, -0.2) is 35.7 Å². The third kappa shape index (κ3) is 4.58. The predicted molar refractivity (Wildman–Crippen MR) is 79.8 cm³/mol. The molecule has 1 heterocycles. The number of halogens is 2. The standard InChI is InChI=1S/C15H20ClFN2O2/c1-15(2,3)21-14(20)19-8-11(9-19)18-7-10-4-5-13(17)12(16)6-10/h4-6,11,18H,7-9H2,1-3H3. The summed E-state index contributed by atoms with van der Waals surface area (Å²) in [6.45, 7) is 7.36. The third-order valence-corrected chi connectivity index (χ3v) is 3.40. The van der Waals surface area contributed by atoms with Crippen molar-refractivity contribution in [3.05, 3.63) is 34.6 Å². The number of rotatable bonds is 3. The van der Waals surface area contributed by atoms with Crippen molar-refractivity contribution in [2.45, 2.75) is 39.0 Å². The largest absolute Gasteiger partial charge is 0.444 e. The number of benzene rings is 1. The van der Waals surface area contributed by atoms with Gasteiger partial charge >= 0.3 is 6.09 Å². The Morgan fingerprint density at radius 2 is 2.14 bits per heavy atom. The van der Waals surface area contributed by atoms with E-state index >= 15 is 0 Å². The van der Waals surface area contributed by atoms with Crippen molar-refractivity contribution in [2.24, 2.45) is 0 Å². The first kappa shape index (κ1) is 16.0.